The van der Waals surface area contributed by atoms with Crippen molar-refractivity contribution < 1.29 is 4.84 Å². The minimum absolute atomic E-state index is 0.418. The van der Waals surface area contributed by atoms with E-state index in [0.717, 1.165) is 18.6 Å². The maximum absolute atomic E-state index is 5.72. The molecule has 0 aromatic heterocycles. The number of hydrogen-bond donors (Lipinski definition) is 1. The summed E-state index contributed by atoms with van der Waals surface area (Å²) in [5, 5.41) is 7.84. The van der Waals surface area contributed by atoms with E-state index in [1.165, 1.54) is 64.2 Å². The average molecular weight is 307 g/mol. The second kappa shape index (κ2) is 9.86. The normalized spacial score (nSPS) is 21.5. The highest BCUT2D eigenvalue weighted by atomic mass is 16.6. The van der Waals surface area contributed by atoms with Crippen molar-refractivity contribution in [1.29, 1.82) is 0 Å². The number of amidine groups is 1. The van der Waals surface area contributed by atoms with Gasteiger partial charge in [-0.3, -0.25) is 0 Å². The van der Waals surface area contributed by atoms with Crippen LogP contribution in [0.15, 0.2) is 10.1 Å². The van der Waals surface area contributed by atoms with Crippen LogP contribution in [0.3, 0.4) is 0 Å². The van der Waals surface area contributed by atoms with Crippen molar-refractivity contribution in [2.45, 2.75) is 103 Å². The molecule has 0 radical (unpaired) electrons. The van der Waals surface area contributed by atoms with Crippen LogP contribution in [0.2, 0.25) is 0 Å². The minimum Gasteiger partial charge on any atom is -0.335 e. The zero-order chi connectivity index (χ0) is 15.6. The fourth-order valence-corrected chi connectivity index (χ4v) is 3.37. The largest absolute Gasteiger partial charge is 0.335 e. The van der Waals surface area contributed by atoms with Gasteiger partial charge in [-0.2, -0.15) is 0 Å². The summed E-state index contributed by atoms with van der Waals surface area (Å²) in [6, 6.07) is 1.60. The van der Waals surface area contributed by atoms with E-state index in [-0.39, 0.29) is 0 Å². The lowest BCUT2D eigenvalue weighted by atomic mass is 9.95. The molecule has 0 saturated heterocycles. The van der Waals surface area contributed by atoms with Gasteiger partial charge in [0.1, 0.15) is 0 Å². The summed E-state index contributed by atoms with van der Waals surface area (Å²) in [5.41, 5.74) is 1.10. The van der Waals surface area contributed by atoms with Crippen LogP contribution in [0.5, 0.6) is 0 Å². The van der Waals surface area contributed by atoms with E-state index in [9.17, 15) is 0 Å². The molecule has 0 heterocycles. The molecule has 22 heavy (non-hydrogen) atoms. The molecule has 1 N–H and O–H groups in total. The van der Waals surface area contributed by atoms with Gasteiger partial charge < -0.3 is 10.2 Å². The molecular formula is C18H33N3O. The first-order valence-electron chi connectivity index (χ1n) is 9.39. The topological polar surface area (TPSA) is 46.0 Å². The van der Waals surface area contributed by atoms with E-state index in [1.807, 2.05) is 0 Å². The maximum atomic E-state index is 5.72. The third kappa shape index (κ3) is 5.98. The van der Waals surface area contributed by atoms with E-state index in [2.05, 4.69) is 24.3 Å². The summed E-state index contributed by atoms with van der Waals surface area (Å²) in [6.45, 7) is 4.25. The van der Waals surface area contributed by atoms with Gasteiger partial charge in [0.05, 0.1) is 11.8 Å². The average Bonchev–Trinajstić information content (AvgIpc) is 2.57. The lowest BCUT2D eigenvalue weighted by Gasteiger charge is -2.25. The summed E-state index contributed by atoms with van der Waals surface area (Å²) in [4.78, 5) is 10.6. The summed E-state index contributed by atoms with van der Waals surface area (Å²) < 4.78 is 0. The Balaban J connectivity index is 1.98. The van der Waals surface area contributed by atoms with Crippen LogP contribution in [0, 0.1) is 0 Å². The molecule has 0 aromatic carbocycles. The summed E-state index contributed by atoms with van der Waals surface area (Å²) in [5.74, 6) is 0. The van der Waals surface area contributed by atoms with Gasteiger partial charge >= 0.3 is 6.02 Å². The first kappa shape index (κ1) is 17.3. The van der Waals surface area contributed by atoms with Crippen LogP contribution in [0.1, 0.15) is 90.9 Å². The van der Waals surface area contributed by atoms with E-state index in [1.54, 1.807) is 0 Å². The van der Waals surface area contributed by atoms with E-state index in [0.29, 0.717) is 18.1 Å². The Labute approximate surface area is 135 Å². The molecule has 0 bridgehead atoms. The lowest BCUT2D eigenvalue weighted by Crippen LogP contribution is -2.38. The molecule has 0 atom stereocenters. The predicted molar refractivity (Wildman–Crippen MR) is 93.4 cm³/mol. The maximum Gasteiger partial charge on any atom is 0.315 e. The smallest absolute Gasteiger partial charge is 0.315 e. The van der Waals surface area contributed by atoms with Crippen LogP contribution < -0.4 is 5.32 Å². The SMILES string of the molecule is CCC(CC)=NOC(=NC1CCCCC1)NC1CCCCC1. The quantitative estimate of drug-likeness (QED) is 0.451. The third-order valence-electron chi connectivity index (χ3n) is 4.88. The molecule has 4 nitrogen and oxygen atoms in total. The summed E-state index contributed by atoms with van der Waals surface area (Å²) in [6.07, 6.45) is 14.7. The van der Waals surface area contributed by atoms with Gasteiger partial charge in [0.2, 0.25) is 0 Å². The van der Waals surface area contributed by atoms with Crippen molar-refractivity contribution in [1.82, 2.24) is 5.32 Å². The highest BCUT2D eigenvalue weighted by molar-refractivity contribution is 5.84. The van der Waals surface area contributed by atoms with Crippen molar-refractivity contribution in [2.75, 3.05) is 0 Å². The Morgan fingerprint density at radius 3 is 2.09 bits per heavy atom. The fraction of sp³-hybridized carbons (Fsp3) is 0.889. The zero-order valence-electron chi connectivity index (χ0n) is 14.4. The molecule has 0 unspecified atom stereocenters. The minimum atomic E-state index is 0.418. The van der Waals surface area contributed by atoms with E-state index < -0.39 is 0 Å². The molecule has 2 fully saturated rings. The Hall–Kier alpha value is -1.06. The first-order chi connectivity index (χ1) is 10.8. The Morgan fingerprint density at radius 1 is 0.909 bits per heavy atom. The van der Waals surface area contributed by atoms with Gasteiger partial charge in [-0.25, -0.2) is 4.99 Å². The van der Waals surface area contributed by atoms with Crippen LogP contribution in [0.25, 0.3) is 0 Å². The van der Waals surface area contributed by atoms with Gasteiger partial charge in [0.25, 0.3) is 0 Å². The number of rotatable bonds is 5. The van der Waals surface area contributed by atoms with Crippen LogP contribution in [0.4, 0.5) is 0 Å². The van der Waals surface area contributed by atoms with Gasteiger partial charge in [0.15, 0.2) is 0 Å². The van der Waals surface area contributed by atoms with Crippen molar-refractivity contribution in [3.8, 4) is 0 Å². The molecule has 0 amide bonds. The van der Waals surface area contributed by atoms with Crippen molar-refractivity contribution >= 4 is 11.7 Å². The number of aliphatic imine (C=N–C) groups is 1. The number of nitrogens with one attached hydrogen (secondary N) is 1. The zero-order valence-corrected chi connectivity index (χ0v) is 14.4. The highest BCUT2D eigenvalue weighted by Gasteiger charge is 2.18. The molecule has 2 aliphatic rings. The molecule has 0 aromatic rings. The second-order valence-corrected chi connectivity index (χ2v) is 6.66. The van der Waals surface area contributed by atoms with Crippen molar-refractivity contribution in [3.63, 3.8) is 0 Å². The van der Waals surface area contributed by atoms with Gasteiger partial charge in [-0.1, -0.05) is 57.5 Å². The first-order valence-corrected chi connectivity index (χ1v) is 9.39. The second-order valence-electron chi connectivity index (χ2n) is 6.66. The number of oxime groups is 1. The Morgan fingerprint density at radius 2 is 1.50 bits per heavy atom. The number of hydrogen-bond acceptors (Lipinski definition) is 3. The molecule has 2 rings (SSSR count). The van der Waals surface area contributed by atoms with Gasteiger partial charge in [-0.05, 0) is 38.5 Å². The third-order valence-corrected chi connectivity index (χ3v) is 4.88. The summed E-state index contributed by atoms with van der Waals surface area (Å²) >= 11 is 0. The van der Waals surface area contributed by atoms with E-state index in [4.69, 9.17) is 9.83 Å². The molecule has 2 aliphatic carbocycles. The molecule has 2 saturated carbocycles. The molecular weight excluding hydrogens is 274 g/mol. The number of nitrogens with zero attached hydrogens (tertiary/aromatic N) is 2. The van der Waals surface area contributed by atoms with E-state index >= 15 is 0 Å². The summed E-state index contributed by atoms with van der Waals surface area (Å²) in [7, 11) is 0. The monoisotopic (exact) mass is 307 g/mol. The van der Waals surface area contributed by atoms with Crippen molar-refractivity contribution in [2.24, 2.45) is 10.1 Å². The molecule has 126 valence electrons. The Kier molecular flexibility index (Phi) is 7.75. The van der Waals surface area contributed by atoms with Crippen molar-refractivity contribution in [3.05, 3.63) is 0 Å². The predicted octanol–water partition coefficient (Wildman–Crippen LogP) is 4.79. The lowest BCUT2D eigenvalue weighted by molar-refractivity contribution is 0.283. The molecule has 0 aliphatic heterocycles. The Bertz CT molecular complexity index is 361. The highest BCUT2D eigenvalue weighted by Crippen LogP contribution is 2.21. The van der Waals surface area contributed by atoms with Crippen LogP contribution in [-0.4, -0.2) is 23.8 Å². The molecule has 0 spiro atoms. The van der Waals surface area contributed by atoms with Crippen LogP contribution >= 0.6 is 0 Å². The fourth-order valence-electron chi connectivity index (χ4n) is 3.37. The standard InChI is InChI=1S/C18H33N3O/c1-3-15(4-2)21-22-18(19-16-11-7-5-8-12-16)20-17-13-9-6-10-14-17/h16-17H,3-14H2,1-2H3,(H,19,20). The molecule has 4 heteroatoms. The van der Waals surface area contributed by atoms with Gasteiger partial charge in [0, 0.05) is 6.04 Å². The van der Waals surface area contributed by atoms with Gasteiger partial charge in [-0.15, -0.1) is 0 Å². The van der Waals surface area contributed by atoms with Crippen LogP contribution in [-0.2, 0) is 4.84 Å².